The van der Waals surface area contributed by atoms with Crippen molar-refractivity contribution in [2.75, 3.05) is 26.2 Å². The summed E-state index contributed by atoms with van der Waals surface area (Å²) in [7, 11) is -3.53. The molecule has 1 fully saturated rings. The molecule has 0 radical (unpaired) electrons. The van der Waals surface area contributed by atoms with Gasteiger partial charge in [-0.2, -0.15) is 0 Å². The van der Waals surface area contributed by atoms with Gasteiger partial charge in [0.25, 0.3) is 0 Å². The molecular weight excluding hydrogens is 336 g/mol. The van der Waals surface area contributed by atoms with Gasteiger partial charge in [0.15, 0.2) is 0 Å². The Kier molecular flexibility index (Phi) is 5.73. The lowest BCUT2D eigenvalue weighted by atomic mass is 10.1. The van der Waals surface area contributed by atoms with Crippen molar-refractivity contribution >= 4 is 10.0 Å². The second-order valence-electron chi connectivity index (χ2n) is 6.37. The van der Waals surface area contributed by atoms with Crippen LogP contribution in [0.15, 0.2) is 53.4 Å². The average molecular weight is 360 g/mol. The van der Waals surface area contributed by atoms with Crippen LogP contribution < -0.4 is 4.72 Å². The van der Waals surface area contributed by atoms with Gasteiger partial charge in [-0.1, -0.05) is 30.7 Å². The molecule has 0 aliphatic carbocycles. The minimum absolute atomic E-state index is 0.187. The van der Waals surface area contributed by atoms with Gasteiger partial charge in [0, 0.05) is 13.1 Å². The number of rotatable bonds is 6. The van der Waals surface area contributed by atoms with E-state index in [1.165, 1.54) is 19.3 Å². The lowest BCUT2D eigenvalue weighted by Crippen LogP contribution is -2.37. The highest BCUT2D eigenvalue weighted by atomic mass is 32.2. The van der Waals surface area contributed by atoms with E-state index in [1.807, 2.05) is 6.07 Å². The number of benzene rings is 2. The van der Waals surface area contributed by atoms with Crippen LogP contribution in [-0.4, -0.2) is 44.6 Å². The summed E-state index contributed by atoms with van der Waals surface area (Å²) in [5, 5.41) is 9.38. The first-order chi connectivity index (χ1) is 12.0. The molecule has 0 unspecified atom stereocenters. The fourth-order valence-corrected chi connectivity index (χ4v) is 4.17. The van der Waals surface area contributed by atoms with Gasteiger partial charge >= 0.3 is 0 Å². The minimum Gasteiger partial charge on any atom is -0.508 e. The van der Waals surface area contributed by atoms with Gasteiger partial charge in [0.05, 0.1) is 4.90 Å². The molecule has 1 saturated heterocycles. The lowest BCUT2D eigenvalue weighted by molar-refractivity contribution is 0.233. The Hall–Kier alpha value is -1.89. The molecule has 0 amide bonds. The summed E-state index contributed by atoms with van der Waals surface area (Å²) in [5.41, 5.74) is 1.67. The standard InChI is InChI=1S/C19H24N2O3S/c22-18-9-7-16(8-10-18)17-5-4-6-19(15-17)25(23,24)20-11-14-21-12-2-1-3-13-21/h4-10,15,20,22H,1-3,11-14H2. The highest BCUT2D eigenvalue weighted by molar-refractivity contribution is 7.89. The van der Waals surface area contributed by atoms with Crippen LogP contribution in [-0.2, 0) is 10.0 Å². The number of nitrogens with one attached hydrogen (secondary N) is 1. The second-order valence-corrected chi connectivity index (χ2v) is 8.14. The van der Waals surface area contributed by atoms with E-state index in [2.05, 4.69) is 9.62 Å². The Morgan fingerprint density at radius 1 is 0.960 bits per heavy atom. The van der Waals surface area contributed by atoms with Crippen LogP contribution in [0.5, 0.6) is 5.75 Å². The summed E-state index contributed by atoms with van der Waals surface area (Å²) in [6, 6.07) is 13.6. The summed E-state index contributed by atoms with van der Waals surface area (Å²) in [4.78, 5) is 2.57. The molecule has 2 aromatic carbocycles. The first-order valence-electron chi connectivity index (χ1n) is 8.66. The molecule has 2 N–H and O–H groups in total. The van der Waals surface area contributed by atoms with Crippen LogP contribution in [0.2, 0.25) is 0 Å². The predicted molar refractivity (Wildman–Crippen MR) is 99.0 cm³/mol. The summed E-state index contributed by atoms with van der Waals surface area (Å²) >= 11 is 0. The number of phenols is 1. The Balaban J connectivity index is 1.67. The lowest BCUT2D eigenvalue weighted by Gasteiger charge is -2.26. The van der Waals surface area contributed by atoms with Gasteiger partial charge in [-0.15, -0.1) is 0 Å². The van der Waals surface area contributed by atoms with Gasteiger partial charge in [-0.25, -0.2) is 13.1 Å². The molecule has 5 nitrogen and oxygen atoms in total. The third kappa shape index (κ3) is 4.81. The quantitative estimate of drug-likeness (QED) is 0.831. The maximum Gasteiger partial charge on any atom is 0.240 e. The van der Waals surface area contributed by atoms with Gasteiger partial charge < -0.3 is 10.0 Å². The number of sulfonamides is 1. The third-order valence-corrected chi connectivity index (χ3v) is 5.97. The molecular formula is C19H24N2O3S. The summed E-state index contributed by atoms with van der Waals surface area (Å²) in [5.74, 6) is 0.187. The van der Waals surface area contributed by atoms with E-state index in [0.717, 1.165) is 30.8 Å². The summed E-state index contributed by atoms with van der Waals surface area (Å²) in [6.07, 6.45) is 3.66. The Bertz CT molecular complexity index is 798. The molecule has 3 rings (SSSR count). The third-order valence-electron chi connectivity index (χ3n) is 4.51. The number of hydrogen-bond acceptors (Lipinski definition) is 4. The molecule has 0 atom stereocenters. The molecule has 25 heavy (non-hydrogen) atoms. The van der Waals surface area contributed by atoms with Crippen molar-refractivity contribution in [1.29, 1.82) is 0 Å². The van der Waals surface area contributed by atoms with E-state index in [9.17, 15) is 13.5 Å². The number of nitrogens with zero attached hydrogens (tertiary/aromatic N) is 1. The first-order valence-corrected chi connectivity index (χ1v) is 10.1. The fourth-order valence-electron chi connectivity index (χ4n) is 3.10. The van der Waals surface area contributed by atoms with Crippen LogP contribution in [0.1, 0.15) is 19.3 Å². The van der Waals surface area contributed by atoms with Crippen molar-refractivity contribution < 1.29 is 13.5 Å². The van der Waals surface area contributed by atoms with E-state index >= 15 is 0 Å². The van der Waals surface area contributed by atoms with Crippen LogP contribution >= 0.6 is 0 Å². The number of hydrogen-bond donors (Lipinski definition) is 2. The van der Waals surface area contributed by atoms with Crippen molar-refractivity contribution in [3.05, 3.63) is 48.5 Å². The smallest absolute Gasteiger partial charge is 0.240 e. The highest BCUT2D eigenvalue weighted by Gasteiger charge is 2.16. The Morgan fingerprint density at radius 2 is 1.68 bits per heavy atom. The number of likely N-dealkylation sites (tertiary alicyclic amines) is 1. The van der Waals surface area contributed by atoms with Crippen molar-refractivity contribution in [3.8, 4) is 16.9 Å². The predicted octanol–water partition coefficient (Wildman–Crippen LogP) is 2.82. The molecule has 0 spiro atoms. The van der Waals surface area contributed by atoms with Gasteiger partial charge in [-0.3, -0.25) is 0 Å². The first kappa shape index (κ1) is 17.9. The molecule has 1 heterocycles. The molecule has 6 heteroatoms. The Labute approximate surface area is 149 Å². The van der Waals surface area contributed by atoms with Gasteiger partial charge in [0.1, 0.15) is 5.75 Å². The maximum absolute atomic E-state index is 12.5. The molecule has 0 bridgehead atoms. The normalized spacial score (nSPS) is 16.0. The van der Waals surface area contributed by atoms with Gasteiger partial charge in [0.2, 0.25) is 10.0 Å². The SMILES string of the molecule is O=S(=O)(NCCN1CCCCC1)c1cccc(-c2ccc(O)cc2)c1. The van der Waals surface area contributed by atoms with Crippen LogP contribution in [0.4, 0.5) is 0 Å². The Morgan fingerprint density at radius 3 is 2.40 bits per heavy atom. The zero-order chi connectivity index (χ0) is 17.7. The van der Waals surface area contributed by atoms with E-state index in [-0.39, 0.29) is 10.6 Å². The molecule has 134 valence electrons. The second kappa shape index (κ2) is 7.99. The summed E-state index contributed by atoms with van der Waals surface area (Å²) < 4.78 is 27.8. The zero-order valence-electron chi connectivity index (χ0n) is 14.2. The molecule has 2 aromatic rings. The number of piperidine rings is 1. The van der Waals surface area contributed by atoms with E-state index in [4.69, 9.17) is 0 Å². The maximum atomic E-state index is 12.5. The van der Waals surface area contributed by atoms with Crippen molar-refractivity contribution in [2.45, 2.75) is 24.2 Å². The number of aromatic hydroxyl groups is 1. The molecule has 1 aliphatic rings. The molecule has 1 aliphatic heterocycles. The van der Waals surface area contributed by atoms with E-state index in [1.54, 1.807) is 42.5 Å². The highest BCUT2D eigenvalue weighted by Crippen LogP contribution is 2.24. The van der Waals surface area contributed by atoms with Crippen LogP contribution in [0, 0.1) is 0 Å². The number of phenolic OH excluding ortho intramolecular Hbond substituents is 1. The topological polar surface area (TPSA) is 69.6 Å². The fraction of sp³-hybridized carbons (Fsp3) is 0.368. The monoisotopic (exact) mass is 360 g/mol. The zero-order valence-corrected chi connectivity index (χ0v) is 15.0. The summed E-state index contributed by atoms with van der Waals surface area (Å²) in [6.45, 7) is 3.28. The molecule has 0 saturated carbocycles. The van der Waals surface area contributed by atoms with E-state index in [0.29, 0.717) is 6.54 Å². The van der Waals surface area contributed by atoms with Crippen LogP contribution in [0.25, 0.3) is 11.1 Å². The largest absolute Gasteiger partial charge is 0.508 e. The van der Waals surface area contributed by atoms with Crippen molar-refractivity contribution in [3.63, 3.8) is 0 Å². The van der Waals surface area contributed by atoms with Crippen LogP contribution in [0.3, 0.4) is 0 Å². The van der Waals surface area contributed by atoms with Crippen molar-refractivity contribution in [2.24, 2.45) is 0 Å². The minimum atomic E-state index is -3.53. The van der Waals surface area contributed by atoms with E-state index < -0.39 is 10.0 Å². The van der Waals surface area contributed by atoms with Gasteiger partial charge in [-0.05, 0) is 61.3 Å². The average Bonchev–Trinajstić information content (AvgIpc) is 2.63. The molecule has 0 aromatic heterocycles. The van der Waals surface area contributed by atoms with Crippen molar-refractivity contribution in [1.82, 2.24) is 9.62 Å².